The molecule has 2 aromatic rings. The minimum atomic E-state index is -4.44. The van der Waals surface area contributed by atoms with Gasteiger partial charge < -0.3 is 0 Å². The third-order valence-corrected chi connectivity index (χ3v) is 7.58. The van der Waals surface area contributed by atoms with E-state index in [-0.39, 0.29) is 19.6 Å². The molecule has 0 amide bonds. The van der Waals surface area contributed by atoms with E-state index < -0.39 is 20.2 Å². The van der Waals surface area contributed by atoms with E-state index in [1.54, 1.807) is 12.1 Å². The fourth-order valence-corrected chi connectivity index (χ4v) is 6.49. The fourth-order valence-electron chi connectivity index (χ4n) is 1.98. The second kappa shape index (κ2) is 5.25. The molecular weight excluding hydrogens is 368 g/mol. The van der Waals surface area contributed by atoms with Crippen LogP contribution in [0.5, 0.6) is 0 Å². The summed E-state index contributed by atoms with van der Waals surface area (Å²) in [5.74, 6) is 0. The summed E-state index contributed by atoms with van der Waals surface area (Å²) in [5.41, 5.74) is 0. The van der Waals surface area contributed by atoms with E-state index in [0.717, 1.165) is 11.8 Å². The van der Waals surface area contributed by atoms with Gasteiger partial charge in [0.1, 0.15) is 9.79 Å². The molecule has 0 bridgehead atoms. The highest BCUT2D eigenvalue weighted by Crippen LogP contribution is 2.52. The lowest BCUT2D eigenvalue weighted by Crippen LogP contribution is -2.06. The van der Waals surface area contributed by atoms with E-state index >= 15 is 0 Å². The molecule has 116 valence electrons. The molecule has 0 unspecified atom stereocenters. The quantitative estimate of drug-likeness (QED) is 0.657. The molecule has 10 heteroatoms. The first-order chi connectivity index (χ1) is 10.2. The van der Waals surface area contributed by atoms with Crippen LogP contribution in [0, 0.1) is 0 Å². The predicted octanol–water partition coefficient (Wildman–Crippen LogP) is 2.80. The summed E-state index contributed by atoms with van der Waals surface area (Å²) in [5, 5.41) is 0. The average Bonchev–Trinajstić information content (AvgIpc) is 2.41. The van der Waals surface area contributed by atoms with Crippen LogP contribution in [-0.4, -0.2) is 25.9 Å². The van der Waals surface area contributed by atoms with Gasteiger partial charge in [-0.2, -0.15) is 16.8 Å². The Morgan fingerprint density at radius 1 is 0.682 bits per heavy atom. The van der Waals surface area contributed by atoms with Gasteiger partial charge in [0, 0.05) is 19.6 Å². The fraction of sp³-hybridized carbons (Fsp3) is 0. The zero-order valence-corrected chi connectivity index (χ0v) is 13.9. The number of benzene rings is 2. The van der Waals surface area contributed by atoms with Gasteiger partial charge in [-0.1, -0.05) is 35.7 Å². The maximum absolute atomic E-state index is 11.5. The van der Waals surface area contributed by atoms with Crippen molar-refractivity contribution in [2.45, 2.75) is 29.4 Å². The SMILES string of the molecule is O=S(=O)(O)c1cccc2c1Sc1c(cccc1S(=O)(=O)O)S2. The van der Waals surface area contributed by atoms with E-state index in [1.807, 2.05) is 0 Å². The number of fused-ring (bicyclic) bond motifs is 2. The lowest BCUT2D eigenvalue weighted by Gasteiger charge is -2.21. The molecule has 0 aliphatic carbocycles. The highest BCUT2D eigenvalue weighted by molar-refractivity contribution is 8.05. The summed E-state index contributed by atoms with van der Waals surface area (Å²) < 4.78 is 64.5. The molecule has 1 aliphatic rings. The first-order valence-corrected chi connectivity index (χ1v) is 10.3. The molecule has 22 heavy (non-hydrogen) atoms. The molecular formula is C12H8O6S4. The number of hydrogen-bond acceptors (Lipinski definition) is 6. The standard InChI is InChI=1S/C12H8O6S4/c13-21(14,15)9-5-1-3-7-11(9)20-12-8(19-7)4-2-6-10(12)22(16,17)18/h1-6H,(H,13,14,15)(H,16,17,18). The predicted molar refractivity (Wildman–Crippen MR) is 80.8 cm³/mol. The Bertz CT molecular complexity index is 899. The molecule has 0 fully saturated rings. The van der Waals surface area contributed by atoms with Gasteiger partial charge in [-0.05, 0) is 24.3 Å². The minimum Gasteiger partial charge on any atom is -0.282 e. The van der Waals surface area contributed by atoms with Crippen molar-refractivity contribution in [1.82, 2.24) is 0 Å². The Kier molecular flexibility index (Phi) is 3.78. The molecule has 0 saturated heterocycles. The van der Waals surface area contributed by atoms with Crippen LogP contribution in [0.2, 0.25) is 0 Å². The van der Waals surface area contributed by atoms with E-state index in [0.29, 0.717) is 9.79 Å². The topological polar surface area (TPSA) is 109 Å². The third kappa shape index (κ3) is 2.77. The summed E-state index contributed by atoms with van der Waals surface area (Å²) >= 11 is 2.06. The molecule has 0 atom stereocenters. The Morgan fingerprint density at radius 2 is 1.09 bits per heavy atom. The van der Waals surface area contributed by atoms with E-state index in [2.05, 4.69) is 0 Å². The van der Waals surface area contributed by atoms with Gasteiger partial charge >= 0.3 is 0 Å². The summed E-state index contributed by atoms with van der Waals surface area (Å²) in [7, 11) is -8.88. The van der Waals surface area contributed by atoms with E-state index in [9.17, 15) is 25.9 Å². The first kappa shape index (κ1) is 15.8. The molecule has 1 aliphatic heterocycles. The van der Waals surface area contributed by atoms with Gasteiger partial charge in [-0.3, -0.25) is 9.11 Å². The highest BCUT2D eigenvalue weighted by atomic mass is 32.2. The van der Waals surface area contributed by atoms with E-state index in [1.165, 1.54) is 36.0 Å². The van der Waals surface area contributed by atoms with Crippen molar-refractivity contribution in [2.24, 2.45) is 0 Å². The van der Waals surface area contributed by atoms with Crippen LogP contribution in [-0.2, 0) is 20.2 Å². The molecule has 6 nitrogen and oxygen atoms in total. The Morgan fingerprint density at radius 3 is 1.45 bits per heavy atom. The van der Waals surface area contributed by atoms with Crippen LogP contribution in [0.25, 0.3) is 0 Å². The molecule has 3 rings (SSSR count). The number of rotatable bonds is 2. The summed E-state index contributed by atoms with van der Waals surface area (Å²) in [6.45, 7) is 0. The van der Waals surface area contributed by atoms with Crippen molar-refractivity contribution in [1.29, 1.82) is 0 Å². The summed E-state index contributed by atoms with van der Waals surface area (Å²) in [4.78, 5) is 1.05. The molecule has 0 spiro atoms. The zero-order chi connectivity index (χ0) is 16.1. The van der Waals surface area contributed by atoms with Crippen LogP contribution in [0.15, 0.2) is 65.8 Å². The maximum Gasteiger partial charge on any atom is 0.295 e. The van der Waals surface area contributed by atoms with Crippen molar-refractivity contribution < 1.29 is 25.9 Å². The van der Waals surface area contributed by atoms with Crippen molar-refractivity contribution >= 4 is 43.8 Å². The Hall–Kier alpha value is -1.04. The van der Waals surface area contributed by atoms with Crippen LogP contribution >= 0.6 is 23.5 Å². The van der Waals surface area contributed by atoms with Crippen molar-refractivity contribution in [3.05, 3.63) is 36.4 Å². The Balaban J connectivity index is 2.26. The molecule has 1 heterocycles. The largest absolute Gasteiger partial charge is 0.295 e. The summed E-state index contributed by atoms with van der Waals surface area (Å²) in [6.07, 6.45) is 0. The highest BCUT2D eigenvalue weighted by Gasteiger charge is 2.28. The first-order valence-electron chi connectivity index (χ1n) is 5.74. The third-order valence-electron chi connectivity index (χ3n) is 2.87. The minimum absolute atomic E-state index is 0.235. The second-order valence-electron chi connectivity index (χ2n) is 4.32. The van der Waals surface area contributed by atoms with Crippen LogP contribution in [0.1, 0.15) is 0 Å². The smallest absolute Gasteiger partial charge is 0.282 e. The van der Waals surface area contributed by atoms with Gasteiger partial charge in [0.25, 0.3) is 20.2 Å². The van der Waals surface area contributed by atoms with Crippen molar-refractivity contribution in [3.63, 3.8) is 0 Å². The van der Waals surface area contributed by atoms with Gasteiger partial charge in [0.05, 0.1) is 0 Å². The van der Waals surface area contributed by atoms with Gasteiger partial charge in [-0.25, -0.2) is 0 Å². The van der Waals surface area contributed by atoms with Gasteiger partial charge in [0.2, 0.25) is 0 Å². The summed E-state index contributed by atoms with van der Waals surface area (Å²) in [6, 6.07) is 8.81. The second-order valence-corrected chi connectivity index (χ2v) is 9.21. The molecule has 0 radical (unpaired) electrons. The van der Waals surface area contributed by atoms with Gasteiger partial charge in [-0.15, -0.1) is 0 Å². The van der Waals surface area contributed by atoms with Gasteiger partial charge in [0.15, 0.2) is 0 Å². The van der Waals surface area contributed by atoms with Crippen molar-refractivity contribution in [2.75, 3.05) is 0 Å². The molecule has 0 saturated carbocycles. The van der Waals surface area contributed by atoms with E-state index in [4.69, 9.17) is 0 Å². The zero-order valence-electron chi connectivity index (χ0n) is 10.6. The molecule has 0 aromatic heterocycles. The van der Waals surface area contributed by atoms with Crippen LogP contribution in [0.3, 0.4) is 0 Å². The monoisotopic (exact) mass is 376 g/mol. The lowest BCUT2D eigenvalue weighted by atomic mass is 10.3. The lowest BCUT2D eigenvalue weighted by molar-refractivity contribution is 0.479. The van der Waals surface area contributed by atoms with Crippen molar-refractivity contribution in [3.8, 4) is 0 Å². The Labute approximate surface area is 135 Å². The molecule has 2 N–H and O–H groups in total. The van der Waals surface area contributed by atoms with Crippen LogP contribution < -0.4 is 0 Å². The molecule has 2 aromatic carbocycles. The maximum atomic E-state index is 11.5. The van der Waals surface area contributed by atoms with Crippen LogP contribution in [0.4, 0.5) is 0 Å². The normalized spacial score (nSPS) is 14.3. The number of hydrogen-bond donors (Lipinski definition) is 2. The average molecular weight is 376 g/mol.